The van der Waals surface area contributed by atoms with Gasteiger partial charge in [-0.1, -0.05) is 0 Å². The molecule has 0 rings (SSSR count). The second kappa shape index (κ2) is 8.97. The van der Waals surface area contributed by atoms with E-state index in [2.05, 4.69) is 4.74 Å². The molecule has 4 N–H and O–H groups in total. The first kappa shape index (κ1) is 19.3. The summed E-state index contributed by atoms with van der Waals surface area (Å²) >= 11 is 0. The van der Waals surface area contributed by atoms with Crippen molar-refractivity contribution in [2.75, 3.05) is 13.2 Å². The quantitative estimate of drug-likeness (QED) is 0.377. The molecule has 0 aromatic rings. The summed E-state index contributed by atoms with van der Waals surface area (Å²) in [7, 11) is 0. The van der Waals surface area contributed by atoms with Crippen LogP contribution in [-0.2, 0) is 19.1 Å². The molecule has 0 aliphatic rings. The fourth-order valence-corrected chi connectivity index (χ4v) is 1.11. The molecule has 0 fully saturated rings. The van der Waals surface area contributed by atoms with E-state index < -0.39 is 49.6 Å². The Hall–Kier alpha value is -0.0336. The van der Waals surface area contributed by atoms with E-state index in [0.717, 1.165) is 0 Å². The van der Waals surface area contributed by atoms with Crippen LogP contribution in [0.1, 0.15) is 12.8 Å². The Balaban J connectivity index is 0. The minimum absolute atomic E-state index is 0. The van der Waals surface area contributed by atoms with Gasteiger partial charge in [0.15, 0.2) is 5.60 Å². The van der Waals surface area contributed by atoms with Gasteiger partial charge in [0.2, 0.25) is 0 Å². The van der Waals surface area contributed by atoms with E-state index in [9.17, 15) is 14.4 Å². The van der Waals surface area contributed by atoms with Crippen LogP contribution in [0.5, 0.6) is 0 Å². The van der Waals surface area contributed by atoms with Crippen molar-refractivity contribution in [2.24, 2.45) is 0 Å². The number of aliphatic hydroxyl groups excluding tert-OH is 1. The van der Waals surface area contributed by atoms with Crippen molar-refractivity contribution in [1.29, 1.82) is 0 Å². The van der Waals surface area contributed by atoms with Gasteiger partial charge in [0.05, 0.1) is 26.1 Å². The second-order valence-electron chi connectivity index (χ2n) is 3.01. The average molecular weight is 276 g/mol. The van der Waals surface area contributed by atoms with E-state index in [1.54, 1.807) is 0 Å². The van der Waals surface area contributed by atoms with Gasteiger partial charge in [-0.25, -0.2) is 4.79 Å². The zero-order valence-corrected chi connectivity index (χ0v) is 8.25. The summed E-state index contributed by atoms with van der Waals surface area (Å²) in [6.45, 7) is -0.985. The van der Waals surface area contributed by atoms with E-state index in [1.807, 2.05) is 0 Å². The van der Waals surface area contributed by atoms with Crippen LogP contribution < -0.4 is 0 Å². The van der Waals surface area contributed by atoms with Crippen LogP contribution in [0.3, 0.4) is 0 Å². The Bertz CT molecular complexity index is 273. The predicted molar refractivity (Wildman–Crippen MR) is 55.1 cm³/mol. The summed E-state index contributed by atoms with van der Waals surface area (Å²) in [5.41, 5.74) is -2.35. The molecule has 0 saturated carbocycles. The van der Waals surface area contributed by atoms with E-state index in [4.69, 9.17) is 20.4 Å². The van der Waals surface area contributed by atoms with Crippen LogP contribution >= 0.6 is 0 Å². The summed E-state index contributed by atoms with van der Waals surface area (Å²) in [5, 5.41) is 34.3. The monoisotopic (exact) mass is 276 g/mol. The number of rotatable bonds is 8. The van der Waals surface area contributed by atoms with Crippen LogP contribution in [0, 0.1) is 0 Å². The molecule has 0 atom stereocenters. The summed E-state index contributed by atoms with van der Waals surface area (Å²) < 4.78 is 4.65. The van der Waals surface area contributed by atoms with E-state index >= 15 is 0 Å². The van der Waals surface area contributed by atoms with Gasteiger partial charge in [-0.3, -0.25) is 9.59 Å². The second-order valence-corrected chi connectivity index (χ2v) is 3.01. The van der Waals surface area contributed by atoms with Crippen molar-refractivity contribution >= 4 is 69.3 Å². The third kappa shape index (κ3) is 7.08. The molecule has 0 saturated heterocycles. The number of hydrogen-bond donors (Lipinski definition) is 4. The molecule has 0 aromatic carbocycles. The van der Waals surface area contributed by atoms with Gasteiger partial charge in [0, 0.05) is 0 Å². The maximum atomic E-state index is 10.9. The van der Waals surface area contributed by atoms with Crippen molar-refractivity contribution < 1.29 is 39.5 Å². The molecule has 0 amide bonds. The average Bonchev–Trinajstić information content (AvgIpc) is 2.11. The number of aliphatic hydroxyl groups is 1. The first-order valence-corrected chi connectivity index (χ1v) is 4.26. The van der Waals surface area contributed by atoms with Crippen molar-refractivity contribution in [1.82, 2.24) is 0 Å². The topological polar surface area (TPSA) is 141 Å². The molecule has 17 heavy (non-hydrogen) atoms. The summed E-state index contributed by atoms with van der Waals surface area (Å²) in [4.78, 5) is 31.8. The van der Waals surface area contributed by atoms with Gasteiger partial charge in [-0.15, -0.1) is 0 Å². The number of hydrogen-bond acceptors (Lipinski definition) is 5. The van der Waals surface area contributed by atoms with Gasteiger partial charge < -0.3 is 25.2 Å². The van der Waals surface area contributed by atoms with Crippen molar-refractivity contribution in [2.45, 2.75) is 18.4 Å². The molecule has 0 aliphatic carbocycles. The van der Waals surface area contributed by atoms with E-state index in [-0.39, 0.29) is 51.4 Å². The predicted octanol–water partition coefficient (Wildman–Crippen LogP) is -1.88. The molecule has 0 aromatic heterocycles. The normalized spacial score (nSPS) is 10.4. The molecule has 0 spiro atoms. The van der Waals surface area contributed by atoms with Crippen LogP contribution in [0.2, 0.25) is 0 Å². The molecule has 0 bridgehead atoms. The molecule has 0 unspecified atom stereocenters. The van der Waals surface area contributed by atoms with E-state index in [0.29, 0.717) is 0 Å². The molecular weight excluding hydrogens is 263 g/mol. The van der Waals surface area contributed by atoms with Crippen LogP contribution in [0.4, 0.5) is 0 Å². The van der Waals surface area contributed by atoms with Crippen LogP contribution in [0.15, 0.2) is 0 Å². The van der Waals surface area contributed by atoms with Gasteiger partial charge in [-0.2, -0.15) is 0 Å². The number of ether oxygens (including phenoxy) is 1. The van der Waals surface area contributed by atoms with E-state index in [1.165, 1.54) is 0 Å². The maximum absolute atomic E-state index is 10.9. The van der Waals surface area contributed by atoms with Crippen molar-refractivity contribution in [3.05, 3.63) is 0 Å². The molecule has 0 radical (unpaired) electrons. The molecule has 0 aliphatic heterocycles. The number of carbonyl (C=O) groups is 3. The summed E-state index contributed by atoms with van der Waals surface area (Å²) in [6.07, 6.45) is -1.98. The Labute approximate surface area is 139 Å². The molecule has 9 heteroatoms. The Morgan fingerprint density at radius 3 is 1.65 bits per heavy atom. The standard InChI is InChI=1S/C8H12O8.K.H/c9-1-2-16-8(7(14)15,3-5(10)11)4-6(12)13;;/h9H,1-4H2,(H,10,11)(H,12,13)(H,14,15);;. The molecule has 8 nitrogen and oxygen atoms in total. The minimum atomic E-state index is -2.35. The SMILES string of the molecule is O=C(O)CC(CC(=O)O)(OCCO)C(=O)O.[KH]. The fraction of sp³-hybridized carbons (Fsp3) is 0.625. The first-order valence-electron chi connectivity index (χ1n) is 4.26. The summed E-state index contributed by atoms with van der Waals surface area (Å²) in [5.74, 6) is -4.69. The Morgan fingerprint density at radius 2 is 1.41 bits per heavy atom. The molecule has 0 heterocycles. The first-order chi connectivity index (χ1) is 7.34. The zero-order chi connectivity index (χ0) is 12.8. The van der Waals surface area contributed by atoms with Crippen molar-refractivity contribution in [3.8, 4) is 0 Å². The Kier molecular flexibility index (Phi) is 10.2. The number of aliphatic carboxylic acids is 3. The van der Waals surface area contributed by atoms with Crippen LogP contribution in [-0.4, -0.2) is 109 Å². The number of carboxylic acids is 3. The third-order valence-corrected chi connectivity index (χ3v) is 1.73. The third-order valence-electron chi connectivity index (χ3n) is 1.73. The summed E-state index contributed by atoms with van der Waals surface area (Å²) in [6, 6.07) is 0. The van der Waals surface area contributed by atoms with Gasteiger partial charge in [0.25, 0.3) is 0 Å². The van der Waals surface area contributed by atoms with Crippen molar-refractivity contribution in [3.63, 3.8) is 0 Å². The molecule has 94 valence electrons. The fourth-order valence-electron chi connectivity index (χ4n) is 1.11. The Morgan fingerprint density at radius 1 is 1.00 bits per heavy atom. The molecular formula is C8H13KO8. The number of carboxylic acid groups (broad SMARTS) is 3. The zero-order valence-electron chi connectivity index (χ0n) is 8.25. The van der Waals surface area contributed by atoms with Crippen LogP contribution in [0.25, 0.3) is 0 Å². The van der Waals surface area contributed by atoms with Gasteiger partial charge in [-0.05, 0) is 0 Å². The van der Waals surface area contributed by atoms with Gasteiger partial charge >= 0.3 is 69.3 Å². The van der Waals surface area contributed by atoms with Gasteiger partial charge in [0.1, 0.15) is 0 Å².